The van der Waals surface area contributed by atoms with E-state index >= 15 is 0 Å². The van der Waals surface area contributed by atoms with Crippen LogP contribution in [-0.4, -0.2) is 49.3 Å². The van der Waals surface area contributed by atoms with Crippen LogP contribution in [0.1, 0.15) is 35.9 Å². The molecular formula is C21H29N3O2S. The van der Waals surface area contributed by atoms with E-state index in [1.807, 2.05) is 11.4 Å². The number of carbonyl (C=O) groups excluding carboxylic acids is 1. The van der Waals surface area contributed by atoms with Gasteiger partial charge in [-0.2, -0.15) is 0 Å². The molecule has 2 aromatic rings. The molecule has 0 saturated carbocycles. The summed E-state index contributed by atoms with van der Waals surface area (Å²) < 4.78 is 5.43. The van der Waals surface area contributed by atoms with E-state index in [4.69, 9.17) is 4.74 Å². The van der Waals surface area contributed by atoms with Crippen molar-refractivity contribution < 1.29 is 9.53 Å². The number of rotatable bonds is 6. The molecule has 0 aliphatic carbocycles. The van der Waals surface area contributed by atoms with Crippen LogP contribution in [0.4, 0.5) is 4.79 Å². The molecule has 1 aliphatic rings. The van der Waals surface area contributed by atoms with E-state index in [1.54, 1.807) is 11.3 Å². The van der Waals surface area contributed by atoms with Gasteiger partial charge in [-0.15, -0.1) is 11.3 Å². The molecule has 0 spiro atoms. The number of hydrogen-bond acceptors (Lipinski definition) is 4. The molecule has 5 nitrogen and oxygen atoms in total. The van der Waals surface area contributed by atoms with Crippen LogP contribution in [0, 0.1) is 6.92 Å². The molecule has 2 N–H and O–H groups in total. The quantitative estimate of drug-likeness (QED) is 0.797. The molecule has 1 atom stereocenters. The fraction of sp³-hybridized carbons (Fsp3) is 0.476. The molecule has 1 aromatic carbocycles. The van der Waals surface area contributed by atoms with Crippen molar-refractivity contribution >= 4 is 17.4 Å². The number of ether oxygens (including phenoxy) is 1. The molecule has 0 bridgehead atoms. The van der Waals surface area contributed by atoms with Gasteiger partial charge >= 0.3 is 6.03 Å². The topological polar surface area (TPSA) is 53.6 Å². The molecular weight excluding hydrogens is 358 g/mol. The summed E-state index contributed by atoms with van der Waals surface area (Å²) in [7, 11) is 0. The first-order valence-corrected chi connectivity index (χ1v) is 10.3. The van der Waals surface area contributed by atoms with Crippen molar-refractivity contribution in [3.05, 3.63) is 57.8 Å². The number of hydrogen-bond donors (Lipinski definition) is 2. The highest BCUT2D eigenvalue weighted by molar-refractivity contribution is 7.10. The maximum atomic E-state index is 12.7. The van der Waals surface area contributed by atoms with E-state index in [2.05, 4.69) is 66.6 Å². The van der Waals surface area contributed by atoms with Crippen molar-refractivity contribution in [2.75, 3.05) is 32.8 Å². The Balaban J connectivity index is 1.63. The van der Waals surface area contributed by atoms with Crippen LogP contribution in [0.3, 0.4) is 0 Å². The molecule has 2 amide bonds. The van der Waals surface area contributed by atoms with Gasteiger partial charge in [0, 0.05) is 30.1 Å². The number of amides is 2. The van der Waals surface area contributed by atoms with E-state index in [9.17, 15) is 4.79 Å². The lowest BCUT2D eigenvalue weighted by Gasteiger charge is -2.40. The molecule has 1 fully saturated rings. The van der Waals surface area contributed by atoms with E-state index in [0.29, 0.717) is 6.54 Å². The van der Waals surface area contributed by atoms with Crippen LogP contribution < -0.4 is 10.6 Å². The maximum Gasteiger partial charge on any atom is 0.315 e. The van der Waals surface area contributed by atoms with E-state index in [0.717, 1.165) is 36.7 Å². The lowest BCUT2D eigenvalue weighted by molar-refractivity contribution is -0.00875. The lowest BCUT2D eigenvalue weighted by atomic mass is 10.0. The zero-order valence-electron chi connectivity index (χ0n) is 16.3. The maximum absolute atomic E-state index is 12.7. The summed E-state index contributed by atoms with van der Waals surface area (Å²) in [6.07, 6.45) is 0. The average Bonchev–Trinajstić information content (AvgIpc) is 3.21. The van der Waals surface area contributed by atoms with Gasteiger partial charge in [-0.05, 0) is 37.8 Å². The number of carbonyl (C=O) groups is 1. The third-order valence-electron chi connectivity index (χ3n) is 5.06. The first-order valence-electron chi connectivity index (χ1n) is 9.43. The molecule has 3 rings (SSSR count). The minimum absolute atomic E-state index is 0.108. The zero-order valence-corrected chi connectivity index (χ0v) is 17.1. The number of thiophene rings is 1. The zero-order chi connectivity index (χ0) is 19.3. The molecule has 146 valence electrons. The third kappa shape index (κ3) is 5.31. The van der Waals surface area contributed by atoms with Gasteiger partial charge in [0.25, 0.3) is 0 Å². The second kappa shape index (κ2) is 8.87. The van der Waals surface area contributed by atoms with E-state index in [-0.39, 0.29) is 17.6 Å². The summed E-state index contributed by atoms with van der Waals surface area (Å²) in [5.74, 6) is 0. The van der Waals surface area contributed by atoms with Crippen LogP contribution in [0.15, 0.2) is 41.8 Å². The molecule has 6 heteroatoms. The van der Waals surface area contributed by atoms with Crippen molar-refractivity contribution in [2.24, 2.45) is 0 Å². The second-order valence-electron chi connectivity index (χ2n) is 7.60. The van der Waals surface area contributed by atoms with Crippen LogP contribution in [0.25, 0.3) is 0 Å². The average molecular weight is 388 g/mol. The summed E-state index contributed by atoms with van der Waals surface area (Å²) in [5, 5.41) is 8.25. The highest BCUT2D eigenvalue weighted by Gasteiger charge is 2.29. The van der Waals surface area contributed by atoms with Gasteiger partial charge in [-0.1, -0.05) is 35.9 Å². The van der Waals surface area contributed by atoms with Crippen molar-refractivity contribution in [2.45, 2.75) is 32.4 Å². The predicted octanol–water partition coefficient (Wildman–Crippen LogP) is 3.56. The summed E-state index contributed by atoms with van der Waals surface area (Å²) in [6, 6.07) is 12.1. The van der Waals surface area contributed by atoms with Crippen molar-refractivity contribution in [3.8, 4) is 0 Å². The Bertz CT molecular complexity index is 722. The monoisotopic (exact) mass is 387 g/mol. The first kappa shape index (κ1) is 19.9. The number of benzene rings is 1. The largest absolute Gasteiger partial charge is 0.379 e. The van der Waals surface area contributed by atoms with Gasteiger partial charge in [0.1, 0.15) is 0 Å². The van der Waals surface area contributed by atoms with E-state index in [1.165, 1.54) is 5.56 Å². The normalized spacial score (nSPS) is 16.7. The van der Waals surface area contributed by atoms with Crippen LogP contribution in [0.5, 0.6) is 0 Å². The predicted molar refractivity (Wildman–Crippen MR) is 110 cm³/mol. The Kier molecular flexibility index (Phi) is 6.52. The standard InChI is InChI=1S/C21H29N3O2S/c1-16-6-8-17(9-7-16)19(18-5-4-14-27-18)23-20(25)22-15-21(2,3)24-10-12-26-13-11-24/h4-9,14,19H,10-13,15H2,1-3H3,(H2,22,23,25)/t19-/m0/s1. The minimum atomic E-state index is -0.143. The van der Waals surface area contributed by atoms with Crippen molar-refractivity contribution in [1.29, 1.82) is 0 Å². The summed E-state index contributed by atoms with van der Waals surface area (Å²) in [4.78, 5) is 16.2. The van der Waals surface area contributed by atoms with Crippen LogP contribution in [0.2, 0.25) is 0 Å². The Morgan fingerprint density at radius 2 is 1.93 bits per heavy atom. The number of nitrogens with zero attached hydrogens (tertiary/aromatic N) is 1. The molecule has 1 aliphatic heterocycles. The summed E-state index contributed by atoms with van der Waals surface area (Å²) in [5.41, 5.74) is 2.19. The molecule has 1 saturated heterocycles. The Morgan fingerprint density at radius 3 is 2.56 bits per heavy atom. The second-order valence-corrected chi connectivity index (χ2v) is 8.58. The smallest absolute Gasteiger partial charge is 0.315 e. The summed E-state index contributed by atoms with van der Waals surface area (Å²) >= 11 is 1.65. The van der Waals surface area contributed by atoms with Crippen LogP contribution >= 0.6 is 11.3 Å². The molecule has 0 unspecified atom stereocenters. The molecule has 27 heavy (non-hydrogen) atoms. The summed E-state index contributed by atoms with van der Waals surface area (Å²) in [6.45, 7) is 10.3. The Hall–Kier alpha value is -1.89. The molecule has 2 heterocycles. The fourth-order valence-electron chi connectivity index (χ4n) is 3.29. The lowest BCUT2D eigenvalue weighted by Crippen LogP contribution is -2.56. The Labute approximate surface area is 165 Å². The van der Waals surface area contributed by atoms with Gasteiger partial charge < -0.3 is 15.4 Å². The van der Waals surface area contributed by atoms with Gasteiger partial charge in [0.05, 0.1) is 19.3 Å². The minimum Gasteiger partial charge on any atom is -0.379 e. The third-order valence-corrected chi connectivity index (χ3v) is 6.00. The highest BCUT2D eigenvalue weighted by atomic mass is 32.1. The van der Waals surface area contributed by atoms with Crippen molar-refractivity contribution in [3.63, 3.8) is 0 Å². The van der Waals surface area contributed by atoms with Gasteiger partial charge in [-0.25, -0.2) is 4.79 Å². The number of nitrogens with one attached hydrogen (secondary N) is 2. The van der Waals surface area contributed by atoms with Crippen molar-refractivity contribution in [1.82, 2.24) is 15.5 Å². The Morgan fingerprint density at radius 1 is 1.22 bits per heavy atom. The number of aryl methyl sites for hydroxylation is 1. The molecule has 1 aromatic heterocycles. The van der Waals surface area contributed by atoms with Gasteiger partial charge in [0.2, 0.25) is 0 Å². The van der Waals surface area contributed by atoms with Crippen LogP contribution in [-0.2, 0) is 4.74 Å². The SMILES string of the molecule is Cc1ccc([C@H](NC(=O)NCC(C)(C)N2CCOCC2)c2cccs2)cc1. The number of morpholine rings is 1. The molecule has 0 radical (unpaired) electrons. The van der Waals surface area contributed by atoms with Gasteiger partial charge in [0.15, 0.2) is 0 Å². The highest BCUT2D eigenvalue weighted by Crippen LogP contribution is 2.26. The van der Waals surface area contributed by atoms with E-state index < -0.39 is 0 Å². The van der Waals surface area contributed by atoms with Gasteiger partial charge in [-0.3, -0.25) is 4.90 Å². The fourth-order valence-corrected chi connectivity index (χ4v) is 4.09. The first-order chi connectivity index (χ1) is 13.0. The number of urea groups is 1.